The first-order valence-electron chi connectivity index (χ1n) is 9.93. The predicted octanol–water partition coefficient (Wildman–Crippen LogP) is 3.54. The molecule has 0 bridgehead atoms. The number of hydrogen-bond donors (Lipinski definition) is 2. The second-order valence-corrected chi connectivity index (χ2v) is 7.66. The number of aryl methyl sites for hydroxylation is 1. The van der Waals surface area contributed by atoms with E-state index in [2.05, 4.69) is 21.0 Å². The van der Waals surface area contributed by atoms with Crippen molar-refractivity contribution >= 4 is 23.6 Å². The first-order chi connectivity index (χ1) is 15.5. The Hall–Kier alpha value is -3.53. The van der Waals surface area contributed by atoms with Gasteiger partial charge in [-0.05, 0) is 43.7 Å². The molecule has 168 valence electrons. The number of methoxy groups -OCH3 is 1. The Labute approximate surface area is 189 Å². The van der Waals surface area contributed by atoms with Gasteiger partial charge in [-0.15, -0.1) is 0 Å². The maximum Gasteiger partial charge on any atom is 0.272 e. The third-order valence-corrected chi connectivity index (χ3v) is 5.27. The van der Waals surface area contributed by atoms with Gasteiger partial charge in [-0.25, -0.2) is 4.98 Å². The topological polar surface area (TPSA) is 116 Å². The molecule has 0 atom stereocenters. The Morgan fingerprint density at radius 3 is 2.66 bits per heavy atom. The minimum absolute atomic E-state index is 0.313. The van der Waals surface area contributed by atoms with Crippen LogP contribution in [0, 0.1) is 6.92 Å². The zero-order valence-corrected chi connectivity index (χ0v) is 18.8. The molecule has 3 rings (SSSR count). The Morgan fingerprint density at radius 2 is 1.94 bits per heavy atom. The lowest BCUT2D eigenvalue weighted by Crippen LogP contribution is -2.41. The lowest BCUT2D eigenvalue weighted by Gasteiger charge is -2.12. The van der Waals surface area contributed by atoms with E-state index in [9.17, 15) is 9.59 Å². The average molecular weight is 457 g/mol. The molecule has 10 heteroatoms. The number of nitrogens with zero attached hydrogens (tertiary/aromatic N) is 2. The summed E-state index contributed by atoms with van der Waals surface area (Å²) in [5, 5.41) is 4.45. The monoisotopic (exact) mass is 456 g/mol. The number of carbonyl (C=O) groups excluding carboxylic acids is 2. The second-order valence-electron chi connectivity index (χ2n) is 6.70. The number of aromatic nitrogens is 2. The number of hydrazine groups is 1. The minimum Gasteiger partial charge on any atom is -0.493 e. The van der Waals surface area contributed by atoms with Crippen LogP contribution in [0.1, 0.15) is 45.5 Å². The summed E-state index contributed by atoms with van der Waals surface area (Å²) in [7, 11) is 1.50. The summed E-state index contributed by atoms with van der Waals surface area (Å²) in [5.41, 5.74) is 6.24. The number of ether oxygens (including phenoxy) is 2. The first kappa shape index (κ1) is 23.1. The van der Waals surface area contributed by atoms with Gasteiger partial charge in [0.1, 0.15) is 10.8 Å². The largest absolute Gasteiger partial charge is 0.493 e. The molecule has 3 aromatic rings. The Balaban J connectivity index is 1.62. The highest BCUT2D eigenvalue weighted by molar-refractivity contribution is 7.98. The quantitative estimate of drug-likeness (QED) is 0.371. The highest BCUT2D eigenvalue weighted by Crippen LogP contribution is 2.28. The van der Waals surface area contributed by atoms with Gasteiger partial charge < -0.3 is 14.0 Å². The molecule has 0 saturated carbocycles. The van der Waals surface area contributed by atoms with E-state index in [4.69, 9.17) is 14.0 Å². The molecule has 2 N–H and O–H groups in total. The van der Waals surface area contributed by atoms with Crippen LogP contribution in [-0.4, -0.2) is 35.7 Å². The molecule has 32 heavy (non-hydrogen) atoms. The van der Waals surface area contributed by atoms with Gasteiger partial charge in [0.05, 0.1) is 25.0 Å². The molecule has 0 aliphatic rings. The zero-order chi connectivity index (χ0) is 22.9. The van der Waals surface area contributed by atoms with Crippen LogP contribution in [0.2, 0.25) is 0 Å². The van der Waals surface area contributed by atoms with Gasteiger partial charge in [0.2, 0.25) is 0 Å². The van der Waals surface area contributed by atoms with Crippen molar-refractivity contribution in [3.63, 3.8) is 0 Å². The Bertz CT molecular complexity index is 1090. The maximum absolute atomic E-state index is 12.7. The van der Waals surface area contributed by atoms with Crippen molar-refractivity contribution in [3.8, 4) is 11.5 Å². The van der Waals surface area contributed by atoms with Gasteiger partial charge in [-0.2, -0.15) is 0 Å². The second kappa shape index (κ2) is 11.2. The molecule has 0 aliphatic heterocycles. The maximum atomic E-state index is 12.7. The molecule has 0 unspecified atom stereocenters. The van der Waals surface area contributed by atoms with E-state index >= 15 is 0 Å². The molecule has 2 aromatic heterocycles. The van der Waals surface area contributed by atoms with Gasteiger partial charge in [0.15, 0.2) is 11.5 Å². The number of amides is 2. The van der Waals surface area contributed by atoms with Crippen LogP contribution < -0.4 is 20.3 Å². The predicted molar refractivity (Wildman–Crippen MR) is 119 cm³/mol. The zero-order valence-electron chi connectivity index (χ0n) is 18.0. The minimum atomic E-state index is -0.491. The van der Waals surface area contributed by atoms with Crippen LogP contribution in [0.25, 0.3) is 0 Å². The third-order valence-electron chi connectivity index (χ3n) is 4.23. The Morgan fingerprint density at radius 1 is 1.12 bits per heavy atom. The van der Waals surface area contributed by atoms with Crippen molar-refractivity contribution in [2.45, 2.75) is 31.0 Å². The molecule has 0 aliphatic carbocycles. The number of hydrogen-bond acceptors (Lipinski definition) is 8. The SMILES string of the molecule is CCCOc1ccc(C(=O)NNC(=O)c2cccnc2SCc2cc(C)on2)cc1OC. The van der Waals surface area contributed by atoms with E-state index in [-0.39, 0.29) is 0 Å². The number of thioether (sulfide) groups is 1. The third kappa shape index (κ3) is 6.01. The molecule has 1 aromatic carbocycles. The summed E-state index contributed by atoms with van der Waals surface area (Å²) in [6.45, 7) is 4.35. The van der Waals surface area contributed by atoms with Crippen LogP contribution in [-0.2, 0) is 5.75 Å². The van der Waals surface area contributed by atoms with Crippen molar-refractivity contribution < 1.29 is 23.6 Å². The van der Waals surface area contributed by atoms with Gasteiger partial charge in [0, 0.05) is 23.6 Å². The average Bonchev–Trinajstić information content (AvgIpc) is 3.24. The van der Waals surface area contributed by atoms with Crippen LogP contribution in [0.3, 0.4) is 0 Å². The van der Waals surface area contributed by atoms with E-state index < -0.39 is 11.8 Å². The lowest BCUT2D eigenvalue weighted by atomic mass is 10.2. The number of carbonyl (C=O) groups is 2. The number of rotatable bonds is 9. The van der Waals surface area contributed by atoms with Crippen LogP contribution in [0.15, 0.2) is 52.1 Å². The van der Waals surface area contributed by atoms with E-state index in [0.717, 1.165) is 12.1 Å². The van der Waals surface area contributed by atoms with Gasteiger partial charge in [-0.1, -0.05) is 23.8 Å². The summed E-state index contributed by atoms with van der Waals surface area (Å²) >= 11 is 1.35. The lowest BCUT2D eigenvalue weighted by molar-refractivity contribution is 0.0844. The summed E-state index contributed by atoms with van der Waals surface area (Å²) in [6, 6.07) is 9.92. The van der Waals surface area contributed by atoms with Gasteiger partial charge >= 0.3 is 0 Å². The summed E-state index contributed by atoms with van der Waals surface area (Å²) in [6.07, 6.45) is 2.45. The fourth-order valence-corrected chi connectivity index (χ4v) is 3.57. The molecule has 0 saturated heterocycles. The molecule has 0 fully saturated rings. The fourth-order valence-electron chi connectivity index (χ4n) is 2.70. The smallest absolute Gasteiger partial charge is 0.272 e. The molecule has 9 nitrogen and oxygen atoms in total. The van der Waals surface area contributed by atoms with Gasteiger partial charge in [-0.3, -0.25) is 20.4 Å². The first-order valence-corrected chi connectivity index (χ1v) is 10.9. The number of pyridine rings is 1. The molecular weight excluding hydrogens is 432 g/mol. The van der Waals surface area contributed by atoms with Crippen LogP contribution in [0.5, 0.6) is 11.5 Å². The van der Waals surface area contributed by atoms with Crippen molar-refractivity contribution in [2.75, 3.05) is 13.7 Å². The summed E-state index contributed by atoms with van der Waals surface area (Å²) in [5.74, 6) is 1.22. The van der Waals surface area contributed by atoms with E-state index in [1.54, 1.807) is 36.5 Å². The van der Waals surface area contributed by atoms with Crippen LogP contribution >= 0.6 is 11.8 Å². The highest BCUT2D eigenvalue weighted by atomic mass is 32.2. The van der Waals surface area contributed by atoms with Gasteiger partial charge in [0.25, 0.3) is 11.8 Å². The molecule has 0 spiro atoms. The van der Waals surface area contributed by atoms with E-state index in [1.165, 1.54) is 18.9 Å². The van der Waals surface area contributed by atoms with Crippen LogP contribution in [0.4, 0.5) is 0 Å². The van der Waals surface area contributed by atoms with E-state index in [0.29, 0.717) is 45.8 Å². The summed E-state index contributed by atoms with van der Waals surface area (Å²) < 4.78 is 15.9. The highest BCUT2D eigenvalue weighted by Gasteiger charge is 2.16. The van der Waals surface area contributed by atoms with Crippen molar-refractivity contribution in [2.24, 2.45) is 0 Å². The molecule has 2 amide bonds. The van der Waals surface area contributed by atoms with E-state index in [1.807, 2.05) is 19.9 Å². The normalized spacial score (nSPS) is 10.5. The van der Waals surface area contributed by atoms with Crippen molar-refractivity contribution in [3.05, 3.63) is 65.2 Å². The Kier molecular flexibility index (Phi) is 8.09. The standard InChI is InChI=1S/C22H24N4O5S/c1-4-10-30-18-8-7-15(12-19(18)29-3)20(27)24-25-21(28)17-6-5-9-23-22(17)32-13-16-11-14(2)31-26-16/h5-9,11-12H,4,10,13H2,1-3H3,(H,24,27)(H,25,28). The molecule has 0 radical (unpaired) electrons. The summed E-state index contributed by atoms with van der Waals surface area (Å²) in [4.78, 5) is 29.4. The van der Waals surface area contributed by atoms with Crippen molar-refractivity contribution in [1.29, 1.82) is 0 Å². The fraction of sp³-hybridized carbons (Fsp3) is 0.273. The molecular formula is C22H24N4O5S. The number of nitrogens with one attached hydrogen (secondary N) is 2. The number of benzene rings is 1. The van der Waals surface area contributed by atoms with Crippen molar-refractivity contribution in [1.82, 2.24) is 21.0 Å². The molecule has 2 heterocycles.